The monoisotopic (exact) mass is 386 g/mol. The molecule has 0 atom stereocenters. The minimum Gasteiger partial charge on any atom is -0.481 e. The number of aromatic nitrogens is 3. The van der Waals surface area contributed by atoms with Crippen molar-refractivity contribution in [3.05, 3.63) is 60.7 Å². The lowest BCUT2D eigenvalue weighted by molar-refractivity contribution is -0.136. The summed E-state index contributed by atoms with van der Waals surface area (Å²) in [5, 5.41) is 20.1. The lowest BCUT2D eigenvalue weighted by atomic mass is 10.1. The molecule has 0 aliphatic heterocycles. The maximum atomic E-state index is 11.0. The van der Waals surface area contributed by atoms with Gasteiger partial charge in [-0.1, -0.05) is 12.1 Å². The number of hydrogen-bond donors (Lipinski definition) is 1. The van der Waals surface area contributed by atoms with Gasteiger partial charge >= 0.3 is 5.97 Å². The summed E-state index contributed by atoms with van der Waals surface area (Å²) in [7, 11) is 0. The Kier molecular flexibility index (Phi) is 5.30. The van der Waals surface area contributed by atoms with E-state index in [-0.39, 0.29) is 6.42 Å². The van der Waals surface area contributed by atoms with Crippen molar-refractivity contribution in [2.24, 2.45) is 0 Å². The van der Waals surface area contributed by atoms with Crippen LogP contribution in [0.3, 0.4) is 0 Å². The molecule has 0 saturated carbocycles. The van der Waals surface area contributed by atoms with Crippen molar-refractivity contribution in [2.75, 3.05) is 0 Å². The lowest BCUT2D eigenvalue weighted by Gasteiger charge is -2.08. The van der Waals surface area contributed by atoms with Gasteiger partial charge in [-0.25, -0.2) is 4.98 Å². The molecule has 0 amide bonds. The van der Waals surface area contributed by atoms with Crippen molar-refractivity contribution in [2.45, 2.75) is 38.6 Å². The van der Waals surface area contributed by atoms with Gasteiger partial charge in [0.25, 0.3) is 0 Å². The number of carbonyl (C=O) groups is 1. The zero-order valence-electron chi connectivity index (χ0n) is 16.1. The molecule has 29 heavy (non-hydrogen) atoms. The van der Waals surface area contributed by atoms with E-state index in [1.165, 1.54) is 0 Å². The minimum atomic E-state index is -0.785. The Bertz CT molecular complexity index is 1200. The molecule has 0 aliphatic carbocycles. The van der Waals surface area contributed by atoms with E-state index < -0.39 is 5.97 Å². The first kappa shape index (κ1) is 18.8. The number of nitrogens with zero attached hydrogens (tertiary/aromatic N) is 4. The van der Waals surface area contributed by atoms with E-state index in [0.29, 0.717) is 12.8 Å². The van der Waals surface area contributed by atoms with Gasteiger partial charge in [-0.3, -0.25) is 4.79 Å². The first-order chi connectivity index (χ1) is 14.2. The van der Waals surface area contributed by atoms with Gasteiger partial charge in [-0.05, 0) is 49.1 Å². The number of hydrogen-bond acceptors (Lipinski definition) is 3. The summed E-state index contributed by atoms with van der Waals surface area (Å²) in [6.45, 7) is 0.828. The van der Waals surface area contributed by atoms with Crippen LogP contribution in [-0.2, 0) is 17.8 Å². The van der Waals surface area contributed by atoms with Crippen LogP contribution >= 0.6 is 0 Å². The molecule has 2 aromatic heterocycles. The van der Waals surface area contributed by atoms with E-state index >= 15 is 0 Å². The van der Waals surface area contributed by atoms with Crippen LogP contribution in [0.5, 0.6) is 0 Å². The van der Waals surface area contributed by atoms with E-state index in [1.54, 1.807) is 12.5 Å². The van der Waals surface area contributed by atoms with Crippen molar-refractivity contribution in [1.29, 1.82) is 5.26 Å². The van der Waals surface area contributed by atoms with Crippen molar-refractivity contribution < 1.29 is 9.90 Å². The number of fused-ring (bicyclic) bond motifs is 3. The molecule has 0 unspecified atom stereocenters. The van der Waals surface area contributed by atoms with Gasteiger partial charge in [-0.2, -0.15) is 5.26 Å². The number of carboxylic acid groups (broad SMARTS) is 1. The lowest BCUT2D eigenvalue weighted by Crippen LogP contribution is -2.00. The molecular formula is C23H22N4O2. The average molecular weight is 386 g/mol. The largest absolute Gasteiger partial charge is 0.481 e. The zero-order chi connectivity index (χ0) is 20.2. The summed E-state index contributed by atoms with van der Waals surface area (Å²) in [4.78, 5) is 15.1. The van der Waals surface area contributed by atoms with E-state index in [0.717, 1.165) is 52.4 Å². The normalized spacial score (nSPS) is 11.1. The first-order valence-corrected chi connectivity index (χ1v) is 9.79. The Balaban J connectivity index is 1.80. The van der Waals surface area contributed by atoms with Gasteiger partial charge in [0, 0.05) is 59.3 Å². The molecule has 6 heteroatoms. The van der Waals surface area contributed by atoms with Crippen LogP contribution in [0, 0.1) is 11.3 Å². The molecule has 4 aromatic rings. The van der Waals surface area contributed by atoms with Crippen LogP contribution in [0.1, 0.15) is 31.2 Å². The van der Waals surface area contributed by atoms with Crippen molar-refractivity contribution in [3.63, 3.8) is 0 Å². The highest BCUT2D eigenvalue weighted by molar-refractivity contribution is 6.08. The van der Waals surface area contributed by atoms with Crippen LogP contribution in [0.4, 0.5) is 0 Å². The highest BCUT2D eigenvalue weighted by Gasteiger charge is 2.13. The highest BCUT2D eigenvalue weighted by Crippen LogP contribution is 2.32. The van der Waals surface area contributed by atoms with Gasteiger partial charge in [0.05, 0.1) is 12.4 Å². The quantitative estimate of drug-likeness (QED) is 0.445. The third-order valence-electron chi connectivity index (χ3n) is 5.26. The van der Waals surface area contributed by atoms with Crippen molar-refractivity contribution >= 4 is 27.8 Å². The number of nitriles is 1. The second-order valence-corrected chi connectivity index (χ2v) is 7.18. The third-order valence-corrected chi connectivity index (χ3v) is 5.26. The summed E-state index contributed by atoms with van der Waals surface area (Å²) >= 11 is 0. The summed E-state index contributed by atoms with van der Waals surface area (Å²) < 4.78 is 4.28. The summed E-state index contributed by atoms with van der Waals surface area (Å²) in [5.41, 5.74) is 4.34. The van der Waals surface area contributed by atoms with Crippen LogP contribution in [0.15, 0.2) is 55.1 Å². The molecule has 0 bridgehead atoms. The number of benzene rings is 2. The molecule has 146 valence electrons. The maximum Gasteiger partial charge on any atom is 0.303 e. The third kappa shape index (κ3) is 3.85. The second kappa shape index (κ2) is 8.19. The minimum absolute atomic E-state index is 0.124. The molecule has 0 spiro atoms. The van der Waals surface area contributed by atoms with E-state index in [9.17, 15) is 4.79 Å². The fourth-order valence-electron chi connectivity index (χ4n) is 3.83. The summed E-state index contributed by atoms with van der Waals surface area (Å²) in [6.07, 6.45) is 8.46. The van der Waals surface area contributed by atoms with Gasteiger partial charge in [-0.15, -0.1) is 0 Å². The number of rotatable bonds is 8. The molecule has 0 aliphatic rings. The van der Waals surface area contributed by atoms with Gasteiger partial charge in [0.1, 0.15) is 0 Å². The Morgan fingerprint density at radius 3 is 2.76 bits per heavy atom. The number of unbranched alkanes of at least 4 members (excludes halogenated alkanes) is 2. The Labute approximate surface area is 168 Å². The Morgan fingerprint density at radius 2 is 2.00 bits per heavy atom. The topological polar surface area (TPSA) is 83.8 Å². The highest BCUT2D eigenvalue weighted by atomic mass is 16.4. The molecule has 2 heterocycles. The van der Waals surface area contributed by atoms with Crippen molar-refractivity contribution in [3.8, 4) is 11.8 Å². The number of imidazole rings is 1. The zero-order valence-corrected chi connectivity index (χ0v) is 16.1. The van der Waals surface area contributed by atoms with Crippen LogP contribution in [0.25, 0.3) is 27.5 Å². The number of aryl methyl sites for hydroxylation is 2. The predicted octanol–water partition coefficient (Wildman–Crippen LogP) is 4.69. The molecule has 1 N–H and O–H groups in total. The molecule has 0 fully saturated rings. The van der Waals surface area contributed by atoms with Gasteiger partial charge in [0.2, 0.25) is 0 Å². The molecule has 0 radical (unpaired) electrons. The fourth-order valence-corrected chi connectivity index (χ4v) is 3.83. The predicted molar refractivity (Wildman–Crippen MR) is 112 cm³/mol. The Hall–Kier alpha value is -3.59. The van der Waals surface area contributed by atoms with Gasteiger partial charge < -0.3 is 14.2 Å². The summed E-state index contributed by atoms with van der Waals surface area (Å²) in [5.74, 6) is -0.785. The van der Waals surface area contributed by atoms with E-state index in [1.807, 2.05) is 16.8 Å². The van der Waals surface area contributed by atoms with Crippen LogP contribution in [-0.4, -0.2) is 25.2 Å². The first-order valence-electron chi connectivity index (χ1n) is 9.79. The van der Waals surface area contributed by atoms with Crippen LogP contribution < -0.4 is 0 Å². The molecular weight excluding hydrogens is 364 g/mol. The second-order valence-electron chi connectivity index (χ2n) is 7.18. The standard InChI is InChI=1S/C23H22N4O2/c24-10-2-1-3-12-27-21-8-6-18(26-13-11-25-16-26)15-20(21)19-7-4-17(14-22(19)27)5-9-23(28)29/h4,6-8,11,13-16H,1-3,5,9,12H2,(H,28,29). The number of carboxylic acids is 1. The molecule has 0 saturated heterocycles. The van der Waals surface area contributed by atoms with Crippen LogP contribution in [0.2, 0.25) is 0 Å². The number of aliphatic carboxylic acids is 1. The molecule has 4 rings (SSSR count). The average Bonchev–Trinajstić information content (AvgIpc) is 3.36. The summed E-state index contributed by atoms with van der Waals surface area (Å²) in [6, 6.07) is 14.8. The van der Waals surface area contributed by atoms with Gasteiger partial charge in [0.15, 0.2) is 0 Å². The van der Waals surface area contributed by atoms with Crippen molar-refractivity contribution in [1.82, 2.24) is 14.1 Å². The molecule has 2 aromatic carbocycles. The maximum absolute atomic E-state index is 11.0. The molecule has 6 nitrogen and oxygen atoms in total. The smallest absolute Gasteiger partial charge is 0.303 e. The van der Waals surface area contributed by atoms with E-state index in [4.69, 9.17) is 10.4 Å². The van der Waals surface area contributed by atoms with E-state index in [2.05, 4.69) is 46.0 Å². The Morgan fingerprint density at radius 1 is 1.10 bits per heavy atom. The SMILES string of the molecule is N#CCCCCn1c2ccc(-n3ccnc3)cc2c2ccc(CCC(=O)O)cc21. The fraction of sp³-hybridized carbons (Fsp3) is 0.261.